The molecule has 1 aliphatic heterocycles. The fourth-order valence-corrected chi connectivity index (χ4v) is 2.16. The van der Waals surface area contributed by atoms with Crippen LogP contribution in [0.2, 0.25) is 0 Å². The lowest BCUT2D eigenvalue weighted by Gasteiger charge is -2.17. The van der Waals surface area contributed by atoms with Crippen LogP contribution in [0.5, 0.6) is 17.2 Å². The summed E-state index contributed by atoms with van der Waals surface area (Å²) in [6, 6.07) is 3.71. The van der Waals surface area contributed by atoms with Gasteiger partial charge in [0.15, 0.2) is 11.5 Å². The number of phenols is 1. The first-order valence-corrected chi connectivity index (χ1v) is 6.58. The van der Waals surface area contributed by atoms with Crippen LogP contribution >= 0.6 is 0 Å². The van der Waals surface area contributed by atoms with Crippen molar-refractivity contribution in [1.82, 2.24) is 5.32 Å². The first kappa shape index (κ1) is 14.0. The van der Waals surface area contributed by atoms with Gasteiger partial charge in [-0.2, -0.15) is 0 Å². The smallest absolute Gasteiger partial charge is 0.231 e. The molecule has 1 unspecified atom stereocenters. The predicted octanol–water partition coefficient (Wildman–Crippen LogP) is 2.03. The van der Waals surface area contributed by atoms with Gasteiger partial charge in [0.2, 0.25) is 6.79 Å². The summed E-state index contributed by atoms with van der Waals surface area (Å²) < 4.78 is 15.7. The molecular formula is C14H21NO4. The molecule has 106 valence electrons. The molecule has 2 N–H and O–H groups in total. The molecule has 2 rings (SSSR count). The average molecular weight is 267 g/mol. The maximum atomic E-state index is 9.94. The topological polar surface area (TPSA) is 60.0 Å². The Labute approximate surface area is 113 Å². The van der Waals surface area contributed by atoms with Gasteiger partial charge in [0.25, 0.3) is 0 Å². The number of ether oxygens (including phenoxy) is 3. The number of hydrogen-bond donors (Lipinski definition) is 2. The second-order valence-electron chi connectivity index (χ2n) is 4.66. The summed E-state index contributed by atoms with van der Waals surface area (Å²) in [5, 5.41) is 13.3. The SMILES string of the molecule is CCCC(COC)NCc1cc2c(cc1O)OCO2. The molecule has 19 heavy (non-hydrogen) atoms. The van der Waals surface area contributed by atoms with Crippen molar-refractivity contribution in [2.24, 2.45) is 0 Å². The highest BCUT2D eigenvalue weighted by Crippen LogP contribution is 2.37. The number of fused-ring (bicyclic) bond motifs is 1. The summed E-state index contributed by atoms with van der Waals surface area (Å²) in [6.07, 6.45) is 2.13. The van der Waals surface area contributed by atoms with Crippen LogP contribution in [0.25, 0.3) is 0 Å². The van der Waals surface area contributed by atoms with Gasteiger partial charge in [0.05, 0.1) is 6.61 Å². The molecule has 5 nitrogen and oxygen atoms in total. The number of hydrogen-bond acceptors (Lipinski definition) is 5. The van der Waals surface area contributed by atoms with Crippen molar-refractivity contribution in [2.75, 3.05) is 20.5 Å². The van der Waals surface area contributed by atoms with Gasteiger partial charge >= 0.3 is 0 Å². The molecule has 1 aromatic carbocycles. The minimum atomic E-state index is 0.216. The van der Waals surface area contributed by atoms with E-state index in [1.807, 2.05) is 6.07 Å². The van der Waals surface area contributed by atoms with E-state index < -0.39 is 0 Å². The Bertz CT molecular complexity index is 416. The Kier molecular flexibility index (Phi) is 4.87. The fourth-order valence-electron chi connectivity index (χ4n) is 2.16. The molecule has 1 aliphatic rings. The Balaban J connectivity index is 1.98. The maximum Gasteiger partial charge on any atom is 0.231 e. The lowest BCUT2D eigenvalue weighted by atomic mass is 10.1. The Morgan fingerprint density at radius 3 is 2.79 bits per heavy atom. The van der Waals surface area contributed by atoms with E-state index in [0.29, 0.717) is 30.7 Å². The Morgan fingerprint density at radius 2 is 2.11 bits per heavy atom. The first-order valence-electron chi connectivity index (χ1n) is 6.58. The molecule has 0 radical (unpaired) electrons. The third-order valence-corrected chi connectivity index (χ3v) is 3.16. The molecule has 1 heterocycles. The number of rotatable bonds is 7. The molecule has 0 saturated carbocycles. The van der Waals surface area contributed by atoms with E-state index >= 15 is 0 Å². The fraction of sp³-hybridized carbons (Fsp3) is 0.571. The van der Waals surface area contributed by atoms with E-state index in [2.05, 4.69) is 12.2 Å². The summed E-state index contributed by atoms with van der Waals surface area (Å²) in [4.78, 5) is 0. The van der Waals surface area contributed by atoms with Crippen molar-refractivity contribution in [3.8, 4) is 17.2 Å². The zero-order chi connectivity index (χ0) is 13.7. The molecular weight excluding hydrogens is 246 g/mol. The third-order valence-electron chi connectivity index (χ3n) is 3.16. The number of nitrogens with one attached hydrogen (secondary N) is 1. The van der Waals surface area contributed by atoms with E-state index in [-0.39, 0.29) is 12.5 Å². The first-order chi connectivity index (χ1) is 9.24. The second-order valence-corrected chi connectivity index (χ2v) is 4.66. The zero-order valence-corrected chi connectivity index (χ0v) is 11.4. The van der Waals surface area contributed by atoms with Crippen molar-refractivity contribution in [3.63, 3.8) is 0 Å². The monoisotopic (exact) mass is 267 g/mol. The summed E-state index contributed by atoms with van der Waals surface area (Å²) in [5.41, 5.74) is 0.807. The maximum absolute atomic E-state index is 9.94. The van der Waals surface area contributed by atoms with Gasteiger partial charge in [0, 0.05) is 31.3 Å². The highest BCUT2D eigenvalue weighted by atomic mass is 16.7. The van der Waals surface area contributed by atoms with Crippen LogP contribution in [-0.2, 0) is 11.3 Å². The van der Waals surface area contributed by atoms with Gasteiger partial charge in [-0.15, -0.1) is 0 Å². The summed E-state index contributed by atoms with van der Waals surface area (Å²) >= 11 is 0. The summed E-state index contributed by atoms with van der Waals surface area (Å²) in [5.74, 6) is 1.51. The van der Waals surface area contributed by atoms with Crippen LogP contribution in [0, 0.1) is 0 Å². The van der Waals surface area contributed by atoms with Gasteiger partial charge in [0.1, 0.15) is 5.75 Å². The molecule has 0 bridgehead atoms. The molecule has 0 aromatic heterocycles. The minimum absolute atomic E-state index is 0.216. The largest absolute Gasteiger partial charge is 0.507 e. The average Bonchev–Trinajstić information content (AvgIpc) is 2.83. The molecule has 0 spiro atoms. The highest BCUT2D eigenvalue weighted by Gasteiger charge is 2.17. The quantitative estimate of drug-likeness (QED) is 0.791. The van der Waals surface area contributed by atoms with Crippen LogP contribution in [-0.4, -0.2) is 31.7 Å². The van der Waals surface area contributed by atoms with Crippen LogP contribution in [0.1, 0.15) is 25.3 Å². The van der Waals surface area contributed by atoms with Crippen LogP contribution in [0.4, 0.5) is 0 Å². The van der Waals surface area contributed by atoms with E-state index in [1.54, 1.807) is 13.2 Å². The lowest BCUT2D eigenvalue weighted by Crippen LogP contribution is -2.32. The second kappa shape index (κ2) is 6.63. The van der Waals surface area contributed by atoms with Crippen molar-refractivity contribution in [3.05, 3.63) is 17.7 Å². The van der Waals surface area contributed by atoms with Gasteiger partial charge < -0.3 is 24.6 Å². The number of methoxy groups -OCH3 is 1. The van der Waals surface area contributed by atoms with Crippen LogP contribution in [0.3, 0.4) is 0 Å². The lowest BCUT2D eigenvalue weighted by molar-refractivity contribution is 0.161. The zero-order valence-electron chi connectivity index (χ0n) is 11.4. The van der Waals surface area contributed by atoms with Gasteiger partial charge in [-0.25, -0.2) is 0 Å². The molecule has 5 heteroatoms. The van der Waals surface area contributed by atoms with Crippen LogP contribution < -0.4 is 14.8 Å². The van der Waals surface area contributed by atoms with Crippen molar-refractivity contribution >= 4 is 0 Å². The number of phenolic OH excluding ortho intramolecular Hbond substituents is 1. The standard InChI is InChI=1S/C14H21NO4/c1-3-4-11(8-17-2)15-7-10-5-13-14(6-12(10)16)19-9-18-13/h5-6,11,15-16H,3-4,7-9H2,1-2H3. The van der Waals surface area contributed by atoms with E-state index in [4.69, 9.17) is 14.2 Å². The molecule has 0 amide bonds. The van der Waals surface area contributed by atoms with Gasteiger partial charge in [-0.3, -0.25) is 0 Å². The molecule has 1 aromatic rings. The van der Waals surface area contributed by atoms with Crippen LogP contribution in [0.15, 0.2) is 12.1 Å². The Hall–Kier alpha value is -1.46. The van der Waals surface area contributed by atoms with Gasteiger partial charge in [-0.05, 0) is 12.5 Å². The third kappa shape index (κ3) is 3.52. The predicted molar refractivity (Wildman–Crippen MR) is 71.6 cm³/mol. The van der Waals surface area contributed by atoms with Crippen molar-refractivity contribution in [1.29, 1.82) is 0 Å². The molecule has 1 atom stereocenters. The van der Waals surface area contributed by atoms with Crippen molar-refractivity contribution < 1.29 is 19.3 Å². The molecule has 0 fully saturated rings. The number of benzene rings is 1. The minimum Gasteiger partial charge on any atom is -0.507 e. The van der Waals surface area contributed by atoms with Gasteiger partial charge in [-0.1, -0.05) is 13.3 Å². The highest BCUT2D eigenvalue weighted by molar-refractivity contribution is 5.51. The Morgan fingerprint density at radius 1 is 1.37 bits per heavy atom. The van der Waals surface area contributed by atoms with E-state index in [9.17, 15) is 5.11 Å². The normalized spacial score (nSPS) is 14.6. The number of aromatic hydroxyl groups is 1. The van der Waals surface area contributed by atoms with Crippen molar-refractivity contribution in [2.45, 2.75) is 32.4 Å². The summed E-state index contributed by atoms with van der Waals surface area (Å²) in [6.45, 7) is 3.60. The van der Waals surface area contributed by atoms with E-state index in [1.165, 1.54) is 0 Å². The summed E-state index contributed by atoms with van der Waals surface area (Å²) in [7, 11) is 1.70. The van der Waals surface area contributed by atoms with E-state index in [0.717, 1.165) is 18.4 Å². The molecule has 0 aliphatic carbocycles. The molecule has 0 saturated heterocycles.